The highest BCUT2D eigenvalue weighted by molar-refractivity contribution is 5.98. The highest BCUT2D eigenvalue weighted by Gasteiger charge is 2.05. The van der Waals surface area contributed by atoms with Crippen LogP contribution in [0, 0.1) is 0 Å². The van der Waals surface area contributed by atoms with Gasteiger partial charge in [-0.15, -0.1) is 0 Å². The molecule has 0 fully saturated rings. The maximum Gasteiger partial charge on any atom is 0.191 e. The van der Waals surface area contributed by atoms with Crippen molar-refractivity contribution in [2.75, 3.05) is 0 Å². The highest BCUT2D eigenvalue weighted by Crippen LogP contribution is 2.14. The van der Waals surface area contributed by atoms with Crippen molar-refractivity contribution in [2.24, 2.45) is 0 Å². The van der Waals surface area contributed by atoms with Crippen molar-refractivity contribution in [3.63, 3.8) is 0 Å². The van der Waals surface area contributed by atoms with E-state index in [-0.39, 0.29) is 5.43 Å². The van der Waals surface area contributed by atoms with Gasteiger partial charge in [0.2, 0.25) is 0 Å². The van der Waals surface area contributed by atoms with Crippen molar-refractivity contribution in [3.8, 4) is 0 Å². The lowest BCUT2D eigenvalue weighted by molar-refractivity contribution is 1.30. The van der Waals surface area contributed by atoms with E-state index in [1.165, 1.54) is 12.3 Å². The van der Waals surface area contributed by atoms with Gasteiger partial charge in [-0.05, 0) is 0 Å². The lowest BCUT2D eigenvalue weighted by Crippen LogP contribution is -2.00. The van der Waals surface area contributed by atoms with Crippen molar-refractivity contribution in [3.05, 3.63) is 35.0 Å². The number of aromatic nitrogens is 4. The van der Waals surface area contributed by atoms with Gasteiger partial charge in [-0.2, -0.15) is 0 Å². The molecule has 5 nitrogen and oxygen atoms in total. The second-order valence-corrected chi connectivity index (χ2v) is 2.99. The first-order valence-corrected chi connectivity index (χ1v) is 4.16. The Kier molecular flexibility index (Phi) is 1.25. The Bertz CT molecular complexity index is 667. The molecule has 14 heavy (non-hydrogen) atoms. The first kappa shape index (κ1) is 7.25. The molecule has 0 radical (unpaired) electrons. The van der Waals surface area contributed by atoms with E-state index in [1.54, 1.807) is 12.5 Å². The summed E-state index contributed by atoms with van der Waals surface area (Å²) in [4.78, 5) is 25.5. The number of hydrogen-bond donors (Lipinski definition) is 2. The molecule has 0 aliphatic rings. The maximum atomic E-state index is 11.4. The van der Waals surface area contributed by atoms with Crippen LogP contribution in [0.4, 0.5) is 0 Å². The molecule has 0 saturated carbocycles. The summed E-state index contributed by atoms with van der Waals surface area (Å²) in [7, 11) is 0. The normalized spacial score (nSPS) is 11.1. The molecule has 0 aliphatic carbocycles. The van der Waals surface area contributed by atoms with Gasteiger partial charge in [0.05, 0.1) is 17.2 Å². The second kappa shape index (κ2) is 2.41. The zero-order valence-corrected chi connectivity index (χ0v) is 7.11. The largest absolute Gasteiger partial charge is 0.359 e. The van der Waals surface area contributed by atoms with Crippen LogP contribution in [-0.2, 0) is 0 Å². The maximum absolute atomic E-state index is 11.4. The SMILES string of the molecule is O=c1cc[nH]c2c1cnc1nc[nH]c12. The number of rotatable bonds is 0. The molecule has 0 amide bonds. The van der Waals surface area contributed by atoms with E-state index in [2.05, 4.69) is 19.9 Å². The van der Waals surface area contributed by atoms with Gasteiger partial charge >= 0.3 is 0 Å². The van der Waals surface area contributed by atoms with Crippen LogP contribution in [0.15, 0.2) is 29.6 Å². The predicted octanol–water partition coefficient (Wildman–Crippen LogP) is 0.799. The van der Waals surface area contributed by atoms with Gasteiger partial charge in [0, 0.05) is 18.5 Å². The minimum Gasteiger partial charge on any atom is -0.359 e. The smallest absolute Gasteiger partial charge is 0.191 e. The van der Waals surface area contributed by atoms with Crippen molar-refractivity contribution in [1.82, 2.24) is 19.9 Å². The standard InChI is InChI=1S/C9H6N4O/c14-6-1-2-10-7-5(6)3-11-9-8(7)12-4-13-9/h1-4H,(H,10,14)(H,11,12,13). The molecule has 3 rings (SSSR count). The number of hydrogen-bond acceptors (Lipinski definition) is 3. The quantitative estimate of drug-likeness (QED) is 0.545. The Labute approximate surface area is 77.8 Å². The average molecular weight is 186 g/mol. The summed E-state index contributed by atoms with van der Waals surface area (Å²) in [5, 5.41) is 0.573. The van der Waals surface area contributed by atoms with Crippen LogP contribution in [0.1, 0.15) is 0 Å². The van der Waals surface area contributed by atoms with Crippen molar-refractivity contribution < 1.29 is 0 Å². The Balaban J connectivity index is 2.71. The Morgan fingerprint density at radius 1 is 1.14 bits per heavy atom. The minimum atomic E-state index is -0.0391. The minimum absolute atomic E-state index is 0.0391. The van der Waals surface area contributed by atoms with Crippen LogP contribution in [0.25, 0.3) is 22.1 Å². The fraction of sp³-hybridized carbons (Fsp3) is 0. The monoisotopic (exact) mass is 186 g/mol. The molecular weight excluding hydrogens is 180 g/mol. The molecule has 3 heterocycles. The lowest BCUT2D eigenvalue weighted by Gasteiger charge is -1.96. The predicted molar refractivity (Wildman–Crippen MR) is 52.0 cm³/mol. The summed E-state index contributed by atoms with van der Waals surface area (Å²) >= 11 is 0. The summed E-state index contributed by atoms with van der Waals surface area (Å²) in [6.07, 6.45) is 4.71. The van der Waals surface area contributed by atoms with E-state index in [0.717, 1.165) is 11.0 Å². The van der Waals surface area contributed by atoms with Gasteiger partial charge in [0.25, 0.3) is 0 Å². The molecule has 68 valence electrons. The Morgan fingerprint density at radius 3 is 3.00 bits per heavy atom. The zero-order chi connectivity index (χ0) is 9.54. The third-order valence-electron chi connectivity index (χ3n) is 2.18. The summed E-state index contributed by atoms with van der Waals surface area (Å²) in [5.74, 6) is 0. The van der Waals surface area contributed by atoms with Crippen LogP contribution in [0.2, 0.25) is 0 Å². The number of nitrogens with zero attached hydrogens (tertiary/aromatic N) is 2. The van der Waals surface area contributed by atoms with Crippen LogP contribution in [0.3, 0.4) is 0 Å². The Hall–Kier alpha value is -2.17. The van der Waals surface area contributed by atoms with Crippen LogP contribution < -0.4 is 5.43 Å². The molecule has 0 aliphatic heterocycles. The number of imidazole rings is 1. The van der Waals surface area contributed by atoms with Crippen LogP contribution in [-0.4, -0.2) is 19.9 Å². The third kappa shape index (κ3) is 0.806. The fourth-order valence-corrected chi connectivity index (χ4v) is 1.52. The molecule has 2 N–H and O–H groups in total. The highest BCUT2D eigenvalue weighted by atomic mass is 16.1. The second-order valence-electron chi connectivity index (χ2n) is 2.99. The average Bonchev–Trinajstić information content (AvgIpc) is 2.66. The molecule has 0 aromatic carbocycles. The molecule has 0 unspecified atom stereocenters. The number of nitrogens with one attached hydrogen (secondary N) is 2. The van der Waals surface area contributed by atoms with Crippen LogP contribution >= 0.6 is 0 Å². The number of aromatic amines is 2. The van der Waals surface area contributed by atoms with Gasteiger partial charge in [-0.25, -0.2) is 9.97 Å². The van der Waals surface area contributed by atoms with Gasteiger partial charge in [0.1, 0.15) is 5.52 Å². The summed E-state index contributed by atoms with van der Waals surface area (Å²) in [6, 6.07) is 1.48. The molecule has 5 heteroatoms. The van der Waals surface area contributed by atoms with Gasteiger partial charge < -0.3 is 9.97 Å². The van der Waals surface area contributed by atoms with Gasteiger partial charge in [-0.1, -0.05) is 0 Å². The van der Waals surface area contributed by atoms with E-state index in [4.69, 9.17) is 0 Å². The van der Waals surface area contributed by atoms with E-state index >= 15 is 0 Å². The fourth-order valence-electron chi connectivity index (χ4n) is 1.52. The third-order valence-corrected chi connectivity index (χ3v) is 2.18. The molecule has 3 aromatic heterocycles. The number of fused-ring (bicyclic) bond motifs is 3. The van der Waals surface area contributed by atoms with Crippen molar-refractivity contribution >= 4 is 22.1 Å². The molecule has 0 spiro atoms. The molecule has 3 aromatic rings. The van der Waals surface area contributed by atoms with Crippen LogP contribution in [0.5, 0.6) is 0 Å². The van der Waals surface area contributed by atoms with Crippen molar-refractivity contribution in [1.29, 1.82) is 0 Å². The molecule has 0 bridgehead atoms. The lowest BCUT2D eigenvalue weighted by atomic mass is 10.2. The number of pyridine rings is 2. The summed E-state index contributed by atoms with van der Waals surface area (Å²) in [6.45, 7) is 0. The van der Waals surface area contributed by atoms with E-state index in [1.807, 2.05) is 0 Å². The van der Waals surface area contributed by atoms with E-state index < -0.39 is 0 Å². The molecular formula is C9H6N4O. The molecule has 0 saturated heterocycles. The Morgan fingerprint density at radius 2 is 2.07 bits per heavy atom. The number of H-pyrrole nitrogens is 2. The first-order chi connectivity index (χ1) is 6.86. The first-order valence-electron chi connectivity index (χ1n) is 4.16. The van der Waals surface area contributed by atoms with Crippen molar-refractivity contribution in [2.45, 2.75) is 0 Å². The zero-order valence-electron chi connectivity index (χ0n) is 7.11. The van der Waals surface area contributed by atoms with Gasteiger partial charge in [-0.3, -0.25) is 4.79 Å². The molecule has 0 atom stereocenters. The topological polar surface area (TPSA) is 74.4 Å². The van der Waals surface area contributed by atoms with Gasteiger partial charge in [0.15, 0.2) is 11.1 Å². The summed E-state index contributed by atoms with van der Waals surface area (Å²) in [5.41, 5.74) is 2.09. The van der Waals surface area contributed by atoms with E-state index in [0.29, 0.717) is 11.0 Å². The summed E-state index contributed by atoms with van der Waals surface area (Å²) < 4.78 is 0. The van der Waals surface area contributed by atoms with E-state index in [9.17, 15) is 4.79 Å².